The second-order valence-electron chi connectivity index (χ2n) is 4.26. The predicted octanol–water partition coefficient (Wildman–Crippen LogP) is 3.08. The molecule has 1 aromatic heterocycles. The normalized spacial score (nSPS) is 10.3. The molecular weight excluding hydrogens is 281 g/mol. The molecule has 6 heteroatoms. The highest BCUT2D eigenvalue weighted by atomic mass is 32.1. The molecule has 104 valence electrons. The van der Waals surface area contributed by atoms with Gasteiger partial charge in [0, 0.05) is 4.88 Å². The Balaban J connectivity index is 2.10. The zero-order chi connectivity index (χ0) is 14.7. The van der Waals surface area contributed by atoms with Crippen LogP contribution in [0.2, 0.25) is 0 Å². The summed E-state index contributed by atoms with van der Waals surface area (Å²) in [5, 5.41) is 11.9. The largest absolute Gasteiger partial charge is 0.478 e. The molecule has 1 amide bonds. The second kappa shape index (κ2) is 5.83. The zero-order valence-electron chi connectivity index (χ0n) is 10.6. The van der Waals surface area contributed by atoms with E-state index in [-0.39, 0.29) is 17.9 Å². The summed E-state index contributed by atoms with van der Waals surface area (Å²) in [5.41, 5.74) is 0.604. The van der Waals surface area contributed by atoms with Gasteiger partial charge in [0.2, 0.25) is 5.91 Å². The van der Waals surface area contributed by atoms with Crippen molar-refractivity contribution in [2.75, 3.05) is 5.32 Å². The number of amides is 1. The van der Waals surface area contributed by atoms with E-state index < -0.39 is 11.8 Å². The van der Waals surface area contributed by atoms with Crippen molar-refractivity contribution in [2.45, 2.75) is 13.3 Å². The second-order valence-corrected chi connectivity index (χ2v) is 5.52. The van der Waals surface area contributed by atoms with Crippen LogP contribution in [0, 0.1) is 12.7 Å². The number of rotatable bonds is 4. The van der Waals surface area contributed by atoms with Crippen LogP contribution in [0.5, 0.6) is 0 Å². The van der Waals surface area contributed by atoms with E-state index in [0.717, 1.165) is 4.88 Å². The van der Waals surface area contributed by atoms with Crippen LogP contribution in [0.1, 0.15) is 20.8 Å². The summed E-state index contributed by atoms with van der Waals surface area (Å²) in [5.74, 6) is -1.87. The lowest BCUT2D eigenvalue weighted by molar-refractivity contribution is -0.115. The van der Waals surface area contributed by atoms with Gasteiger partial charge in [0.05, 0.1) is 12.0 Å². The monoisotopic (exact) mass is 293 g/mol. The van der Waals surface area contributed by atoms with Gasteiger partial charge in [-0.1, -0.05) is 12.1 Å². The van der Waals surface area contributed by atoms with Crippen LogP contribution in [0.15, 0.2) is 30.3 Å². The van der Waals surface area contributed by atoms with Crippen molar-refractivity contribution < 1.29 is 19.1 Å². The van der Waals surface area contributed by atoms with Gasteiger partial charge >= 0.3 is 5.97 Å². The van der Waals surface area contributed by atoms with Crippen molar-refractivity contribution >= 4 is 28.2 Å². The van der Waals surface area contributed by atoms with E-state index in [2.05, 4.69) is 5.32 Å². The third-order valence-corrected chi connectivity index (χ3v) is 3.56. The topological polar surface area (TPSA) is 66.4 Å². The number of hydrogen-bond acceptors (Lipinski definition) is 3. The van der Waals surface area contributed by atoms with Crippen molar-refractivity contribution in [1.29, 1.82) is 0 Å². The number of nitrogens with one attached hydrogen (secondary N) is 1. The van der Waals surface area contributed by atoms with Gasteiger partial charge in [-0.05, 0) is 30.7 Å². The van der Waals surface area contributed by atoms with E-state index in [9.17, 15) is 14.0 Å². The number of carbonyl (C=O) groups is 2. The Bertz CT molecular complexity index is 666. The summed E-state index contributed by atoms with van der Waals surface area (Å²) in [4.78, 5) is 23.7. The van der Waals surface area contributed by atoms with Gasteiger partial charge < -0.3 is 10.4 Å². The highest BCUT2D eigenvalue weighted by Gasteiger charge is 2.16. The van der Waals surface area contributed by atoms with Gasteiger partial charge in [-0.3, -0.25) is 4.79 Å². The lowest BCUT2D eigenvalue weighted by atomic mass is 10.1. The van der Waals surface area contributed by atoms with Gasteiger partial charge in [-0.15, -0.1) is 11.3 Å². The summed E-state index contributed by atoms with van der Waals surface area (Å²) in [6, 6.07) is 7.24. The molecule has 2 aromatic rings. The standard InChI is InChI=1S/C14H12FNO3S/c1-8-5-11(14(18)19)13(20-8)16-12(17)7-9-3-2-4-10(15)6-9/h2-6H,7H2,1H3,(H,16,17)(H,18,19). The third kappa shape index (κ3) is 3.42. The molecule has 0 fully saturated rings. The molecule has 2 N–H and O–H groups in total. The maximum absolute atomic E-state index is 13.0. The summed E-state index contributed by atoms with van der Waals surface area (Å²) < 4.78 is 13.0. The molecule has 0 radical (unpaired) electrons. The van der Waals surface area contributed by atoms with Crippen molar-refractivity contribution in [3.63, 3.8) is 0 Å². The first-order valence-electron chi connectivity index (χ1n) is 5.83. The highest BCUT2D eigenvalue weighted by molar-refractivity contribution is 7.16. The fourth-order valence-corrected chi connectivity index (χ4v) is 2.69. The highest BCUT2D eigenvalue weighted by Crippen LogP contribution is 2.27. The number of halogens is 1. The Morgan fingerprint density at radius 1 is 1.35 bits per heavy atom. The minimum Gasteiger partial charge on any atom is -0.478 e. The first kappa shape index (κ1) is 14.2. The van der Waals surface area contributed by atoms with Crippen molar-refractivity contribution in [3.8, 4) is 0 Å². The lowest BCUT2D eigenvalue weighted by Gasteiger charge is -2.04. The average molecular weight is 293 g/mol. The molecule has 1 heterocycles. The van der Waals surface area contributed by atoms with Crippen LogP contribution in [0.25, 0.3) is 0 Å². The van der Waals surface area contributed by atoms with Crippen molar-refractivity contribution in [1.82, 2.24) is 0 Å². The minimum atomic E-state index is -1.09. The molecule has 0 aliphatic rings. The van der Waals surface area contributed by atoms with Gasteiger partial charge in [-0.25, -0.2) is 9.18 Å². The molecule has 0 aliphatic carbocycles. The van der Waals surface area contributed by atoms with Gasteiger partial charge in [0.15, 0.2) is 0 Å². The van der Waals surface area contributed by atoms with Crippen molar-refractivity contribution in [2.24, 2.45) is 0 Å². The van der Waals surface area contributed by atoms with Crippen LogP contribution < -0.4 is 5.32 Å². The van der Waals surface area contributed by atoms with Crippen molar-refractivity contribution in [3.05, 3.63) is 52.2 Å². The quantitative estimate of drug-likeness (QED) is 0.910. The number of hydrogen-bond donors (Lipinski definition) is 2. The molecule has 0 aliphatic heterocycles. The first-order chi connectivity index (χ1) is 9.45. The number of aryl methyl sites for hydroxylation is 1. The molecule has 0 saturated heterocycles. The number of carboxylic acids is 1. The van der Waals surface area contributed by atoms with Crippen LogP contribution in [0.3, 0.4) is 0 Å². The molecule has 0 unspecified atom stereocenters. The Hall–Kier alpha value is -2.21. The number of thiophene rings is 1. The fraction of sp³-hybridized carbons (Fsp3) is 0.143. The fourth-order valence-electron chi connectivity index (χ4n) is 1.77. The molecule has 4 nitrogen and oxygen atoms in total. The Labute approximate surface area is 118 Å². The Kier molecular flexibility index (Phi) is 4.14. The number of anilines is 1. The van der Waals surface area contributed by atoms with Gasteiger partial charge in [0.1, 0.15) is 10.8 Å². The van der Waals surface area contributed by atoms with Gasteiger partial charge in [-0.2, -0.15) is 0 Å². The average Bonchev–Trinajstić information content (AvgIpc) is 2.70. The van der Waals surface area contributed by atoms with E-state index in [4.69, 9.17) is 5.11 Å². The van der Waals surface area contributed by atoms with Crippen LogP contribution >= 0.6 is 11.3 Å². The van der Waals surface area contributed by atoms with E-state index in [0.29, 0.717) is 10.6 Å². The van der Waals surface area contributed by atoms with Gasteiger partial charge in [0.25, 0.3) is 0 Å². The SMILES string of the molecule is Cc1cc(C(=O)O)c(NC(=O)Cc2cccc(F)c2)s1. The van der Waals surface area contributed by atoms with Crippen LogP contribution in [-0.2, 0) is 11.2 Å². The summed E-state index contributed by atoms with van der Waals surface area (Å²) >= 11 is 1.20. The molecule has 20 heavy (non-hydrogen) atoms. The zero-order valence-corrected chi connectivity index (χ0v) is 11.5. The number of benzene rings is 1. The molecule has 1 aromatic carbocycles. The van der Waals surface area contributed by atoms with E-state index in [1.165, 1.54) is 35.6 Å². The summed E-state index contributed by atoms with van der Waals surface area (Å²) in [6.45, 7) is 1.76. The number of aromatic carboxylic acids is 1. The van der Waals surface area contributed by atoms with E-state index in [1.807, 2.05) is 0 Å². The first-order valence-corrected chi connectivity index (χ1v) is 6.65. The lowest BCUT2D eigenvalue weighted by Crippen LogP contribution is -2.15. The van der Waals surface area contributed by atoms with Crippen LogP contribution in [0.4, 0.5) is 9.39 Å². The number of carboxylic acid groups (broad SMARTS) is 1. The summed E-state index contributed by atoms with van der Waals surface area (Å²) in [6.07, 6.45) is -0.00618. The number of carbonyl (C=O) groups excluding carboxylic acids is 1. The maximum Gasteiger partial charge on any atom is 0.338 e. The molecular formula is C14H12FNO3S. The Morgan fingerprint density at radius 2 is 2.10 bits per heavy atom. The molecule has 0 spiro atoms. The molecule has 0 atom stereocenters. The third-order valence-electron chi connectivity index (χ3n) is 2.59. The Morgan fingerprint density at radius 3 is 2.75 bits per heavy atom. The van der Waals surface area contributed by atoms with E-state index in [1.54, 1.807) is 13.0 Å². The maximum atomic E-state index is 13.0. The minimum absolute atomic E-state index is 0.00618. The van der Waals surface area contributed by atoms with Crippen LogP contribution in [-0.4, -0.2) is 17.0 Å². The smallest absolute Gasteiger partial charge is 0.338 e. The molecule has 0 saturated carbocycles. The molecule has 0 bridgehead atoms. The van der Waals surface area contributed by atoms with E-state index >= 15 is 0 Å². The predicted molar refractivity (Wildman–Crippen MR) is 74.7 cm³/mol. The molecule has 2 rings (SSSR count). The summed E-state index contributed by atoms with van der Waals surface area (Å²) in [7, 11) is 0.